The summed E-state index contributed by atoms with van der Waals surface area (Å²) in [4.78, 5) is 27.7. The molecule has 5 fully saturated rings. The lowest BCUT2D eigenvalue weighted by atomic mass is 9.52. The molecule has 4 bridgehead atoms. The summed E-state index contributed by atoms with van der Waals surface area (Å²) in [7, 11) is 0. The fourth-order valence-corrected chi connectivity index (χ4v) is 6.91. The number of ether oxygens (including phenoxy) is 1. The maximum atomic E-state index is 13.6. The summed E-state index contributed by atoms with van der Waals surface area (Å²) in [5.41, 5.74) is -0.518. The Balaban J connectivity index is 1.38. The van der Waals surface area contributed by atoms with Gasteiger partial charge in [0.15, 0.2) is 0 Å². The van der Waals surface area contributed by atoms with Crippen LogP contribution in [-0.2, 0) is 9.53 Å². The lowest BCUT2D eigenvalue weighted by Crippen LogP contribution is -2.61. The van der Waals surface area contributed by atoms with Crippen molar-refractivity contribution < 1.29 is 19.4 Å². The number of morpholine rings is 1. The maximum absolute atomic E-state index is 13.6. The van der Waals surface area contributed by atoms with Crippen LogP contribution in [0.1, 0.15) is 69.7 Å². The van der Waals surface area contributed by atoms with Gasteiger partial charge in [-0.1, -0.05) is 6.92 Å². The second-order valence-electron chi connectivity index (χ2n) is 11.6. The monoisotopic (exact) mass is 485 g/mol. The van der Waals surface area contributed by atoms with Gasteiger partial charge in [0.05, 0.1) is 30.6 Å². The van der Waals surface area contributed by atoms with Gasteiger partial charge < -0.3 is 25.4 Å². The van der Waals surface area contributed by atoms with E-state index in [1.165, 1.54) is 0 Å². The Bertz CT molecular complexity index is 980. The third kappa shape index (κ3) is 4.98. The van der Waals surface area contributed by atoms with Crippen molar-refractivity contribution in [3.63, 3.8) is 0 Å². The summed E-state index contributed by atoms with van der Waals surface area (Å²) in [6, 6.07) is 0.110. The number of amides is 2. The number of carbonyl (C=O) groups excluding carboxylic acids is 2. The number of nitrogens with one attached hydrogen (secondary N) is 2. The molecule has 1 aliphatic heterocycles. The minimum Gasteiger partial charge on any atom is -0.390 e. The summed E-state index contributed by atoms with van der Waals surface area (Å²) in [5, 5.41) is 21.8. The lowest BCUT2D eigenvalue weighted by molar-refractivity contribution is -0.136. The fraction of sp³-hybridized carbons (Fsp3) is 0.731. The number of rotatable bonds is 7. The van der Waals surface area contributed by atoms with Crippen LogP contribution in [-0.4, -0.2) is 70.2 Å². The van der Waals surface area contributed by atoms with Crippen LogP contribution >= 0.6 is 0 Å². The fourth-order valence-electron chi connectivity index (χ4n) is 6.91. The second kappa shape index (κ2) is 9.24. The average molecular weight is 486 g/mol. The van der Waals surface area contributed by atoms with Crippen LogP contribution in [0.3, 0.4) is 0 Å². The number of carbonyl (C=O) groups is 2. The number of nitrogens with zero attached hydrogens (tertiary/aromatic N) is 3. The number of anilines is 1. The smallest absolute Gasteiger partial charge is 0.256 e. The summed E-state index contributed by atoms with van der Waals surface area (Å²) in [5.74, 6) is 1.92. The van der Waals surface area contributed by atoms with Gasteiger partial charge in [0, 0.05) is 31.8 Å². The molecule has 2 atom stereocenters. The van der Waals surface area contributed by atoms with Gasteiger partial charge in [0.25, 0.3) is 5.91 Å². The minimum absolute atomic E-state index is 0.0195. The van der Waals surface area contributed by atoms with Crippen molar-refractivity contribution in [2.75, 3.05) is 31.2 Å². The van der Waals surface area contributed by atoms with Gasteiger partial charge in [-0.15, -0.1) is 0 Å². The molecular weight excluding hydrogens is 446 g/mol. The summed E-state index contributed by atoms with van der Waals surface area (Å²) < 4.78 is 7.28. The van der Waals surface area contributed by atoms with E-state index in [2.05, 4.69) is 20.6 Å². The highest BCUT2D eigenvalue weighted by Crippen LogP contribution is 2.55. The van der Waals surface area contributed by atoms with E-state index >= 15 is 0 Å². The Morgan fingerprint density at radius 3 is 2.54 bits per heavy atom. The van der Waals surface area contributed by atoms with Crippen molar-refractivity contribution in [2.24, 2.45) is 17.8 Å². The summed E-state index contributed by atoms with van der Waals surface area (Å²) in [6.45, 7) is 8.25. The lowest BCUT2D eigenvalue weighted by Gasteiger charge is -2.58. The normalized spacial score (nSPS) is 32.3. The molecule has 3 N–H and O–H groups in total. The third-order valence-electron chi connectivity index (χ3n) is 8.28. The Morgan fingerprint density at radius 2 is 1.91 bits per heavy atom. The summed E-state index contributed by atoms with van der Waals surface area (Å²) in [6.07, 6.45) is 10.5. The molecule has 0 spiro atoms. The zero-order valence-corrected chi connectivity index (χ0v) is 21.1. The van der Waals surface area contributed by atoms with Gasteiger partial charge >= 0.3 is 0 Å². The van der Waals surface area contributed by atoms with E-state index in [-0.39, 0.29) is 17.9 Å². The molecule has 2 amide bonds. The first kappa shape index (κ1) is 24.3. The Labute approximate surface area is 207 Å². The molecule has 1 aromatic rings. The molecular formula is C26H39N5O4. The highest BCUT2D eigenvalue weighted by Gasteiger charge is 2.55. The molecule has 4 aliphatic carbocycles. The van der Waals surface area contributed by atoms with Crippen molar-refractivity contribution in [3.8, 4) is 0 Å². The molecule has 2 unspecified atom stereocenters. The van der Waals surface area contributed by atoms with Crippen molar-refractivity contribution in [2.45, 2.75) is 76.5 Å². The van der Waals surface area contributed by atoms with Crippen LogP contribution in [0.4, 0.5) is 5.82 Å². The van der Waals surface area contributed by atoms with Gasteiger partial charge in [0.1, 0.15) is 11.4 Å². The SMILES string of the molecule is CCC(=O)NC(C)(C)/C=C/n1ncc(C(=O)N[C@H]2C3CC4CC2C[C@](O)(C4)C3)c1N1CCOCC1. The predicted molar refractivity (Wildman–Crippen MR) is 133 cm³/mol. The third-order valence-corrected chi connectivity index (χ3v) is 8.28. The Hall–Kier alpha value is -2.39. The zero-order valence-electron chi connectivity index (χ0n) is 21.1. The first-order valence-electron chi connectivity index (χ1n) is 13.1. The molecule has 5 aliphatic rings. The van der Waals surface area contributed by atoms with Gasteiger partial charge in [-0.05, 0) is 69.8 Å². The Morgan fingerprint density at radius 1 is 1.23 bits per heavy atom. The Kier molecular flexibility index (Phi) is 6.42. The standard InChI is InChI=1S/C26H39N5O4/c1-4-21(32)29-25(2,3)5-6-31-24(30-7-9-35-10-8-30)20(16-27-31)23(33)28-22-18-11-17-12-19(22)15-26(34,13-17)14-18/h5-6,16-19,22,34H,4,7-15H2,1-3H3,(H,28,33)(H,29,32)/b6-5+/t17?,18?,19?,22-,26-. The quantitative estimate of drug-likeness (QED) is 0.546. The van der Waals surface area contributed by atoms with Gasteiger partial charge in [-0.2, -0.15) is 5.10 Å². The van der Waals surface area contributed by atoms with Crippen LogP contribution in [0.5, 0.6) is 0 Å². The van der Waals surface area contributed by atoms with Crippen molar-refractivity contribution in [3.05, 3.63) is 17.8 Å². The van der Waals surface area contributed by atoms with E-state index in [1.54, 1.807) is 10.9 Å². The number of aromatic nitrogens is 2. The molecule has 35 heavy (non-hydrogen) atoms. The average Bonchev–Trinajstić information content (AvgIpc) is 3.23. The van der Waals surface area contributed by atoms with Crippen molar-refractivity contribution >= 4 is 23.8 Å². The highest BCUT2D eigenvalue weighted by molar-refractivity contribution is 5.99. The molecule has 0 radical (unpaired) electrons. The van der Waals surface area contributed by atoms with Gasteiger partial charge in [-0.25, -0.2) is 4.68 Å². The van der Waals surface area contributed by atoms with Crippen molar-refractivity contribution in [1.29, 1.82) is 0 Å². The first-order chi connectivity index (χ1) is 16.7. The van der Waals surface area contributed by atoms with E-state index in [4.69, 9.17) is 4.74 Å². The largest absolute Gasteiger partial charge is 0.390 e. The minimum atomic E-state index is -0.551. The number of hydrogen-bond acceptors (Lipinski definition) is 6. The molecule has 0 aromatic carbocycles. The topological polar surface area (TPSA) is 109 Å². The second-order valence-corrected chi connectivity index (χ2v) is 11.6. The number of aliphatic hydroxyl groups is 1. The van der Waals surface area contributed by atoms with E-state index in [0.717, 1.165) is 37.9 Å². The van der Waals surface area contributed by atoms with Crippen LogP contribution in [0, 0.1) is 17.8 Å². The molecule has 9 nitrogen and oxygen atoms in total. The van der Waals surface area contributed by atoms with Crippen LogP contribution < -0.4 is 15.5 Å². The van der Waals surface area contributed by atoms with Crippen LogP contribution in [0.2, 0.25) is 0 Å². The molecule has 1 aromatic heterocycles. The maximum Gasteiger partial charge on any atom is 0.256 e. The molecule has 4 saturated carbocycles. The van der Waals surface area contributed by atoms with E-state index in [1.807, 2.05) is 33.0 Å². The van der Waals surface area contributed by atoms with Gasteiger partial charge in [-0.3, -0.25) is 9.59 Å². The predicted octanol–water partition coefficient (Wildman–Crippen LogP) is 2.16. The van der Waals surface area contributed by atoms with Crippen LogP contribution in [0.25, 0.3) is 6.20 Å². The summed E-state index contributed by atoms with van der Waals surface area (Å²) >= 11 is 0. The van der Waals surface area contributed by atoms with E-state index in [0.29, 0.717) is 56.0 Å². The van der Waals surface area contributed by atoms with E-state index < -0.39 is 11.1 Å². The highest BCUT2D eigenvalue weighted by atomic mass is 16.5. The first-order valence-corrected chi connectivity index (χ1v) is 13.1. The molecule has 2 heterocycles. The zero-order chi connectivity index (χ0) is 24.8. The number of hydrogen-bond donors (Lipinski definition) is 3. The molecule has 9 heteroatoms. The van der Waals surface area contributed by atoms with E-state index in [9.17, 15) is 14.7 Å². The van der Waals surface area contributed by atoms with Crippen molar-refractivity contribution in [1.82, 2.24) is 20.4 Å². The molecule has 6 rings (SSSR count). The van der Waals surface area contributed by atoms with Crippen LogP contribution in [0.15, 0.2) is 12.3 Å². The molecule has 192 valence electrons. The molecule has 1 saturated heterocycles. The van der Waals surface area contributed by atoms with Gasteiger partial charge in [0.2, 0.25) is 5.91 Å².